The van der Waals surface area contributed by atoms with Crippen molar-refractivity contribution in [2.24, 2.45) is 0 Å². The third kappa shape index (κ3) is 6.40. The summed E-state index contributed by atoms with van der Waals surface area (Å²) in [5.74, 6) is -3.23. The van der Waals surface area contributed by atoms with Gasteiger partial charge in [0, 0.05) is 44.7 Å². The molecule has 1 N–H and O–H groups in total. The molecule has 13 heteroatoms. The molecule has 0 amide bonds. The molecule has 206 valence electrons. The summed E-state index contributed by atoms with van der Waals surface area (Å²) in [7, 11) is 1.09. The van der Waals surface area contributed by atoms with E-state index >= 15 is 0 Å². The Morgan fingerprint density at radius 1 is 0.842 bits per heavy atom. The number of fused-ring (bicyclic) bond motifs is 1. The molecule has 0 aliphatic carbocycles. The Morgan fingerprint density at radius 3 is 2.00 bits per heavy atom. The van der Waals surface area contributed by atoms with E-state index in [1.807, 2.05) is 0 Å². The molecule has 0 radical (unpaired) electrons. The number of carbonyl (C=O) groups is 5. The lowest BCUT2D eigenvalue weighted by atomic mass is 9.97. The number of nitrogens with one attached hydrogen (secondary N) is 1. The molecule has 2 heterocycles. The summed E-state index contributed by atoms with van der Waals surface area (Å²) in [4.78, 5) is 63.3. The van der Waals surface area contributed by atoms with Gasteiger partial charge in [0.2, 0.25) is 12.4 Å². The second-order valence-electron chi connectivity index (χ2n) is 8.35. The van der Waals surface area contributed by atoms with E-state index in [0.717, 1.165) is 27.9 Å². The SMILES string of the molecule is CCOc1cc2cc(C(C)=O)[nH]c2cc1OC1O[C@H](C(=O)OC)[C@@H](OC(C)=O)[C@H](OC(C)=O)[C@H]1OC(C)=O. The fourth-order valence-electron chi connectivity index (χ4n) is 3.99. The fourth-order valence-corrected chi connectivity index (χ4v) is 3.99. The van der Waals surface area contributed by atoms with Crippen LogP contribution in [0.1, 0.15) is 45.1 Å². The van der Waals surface area contributed by atoms with Crippen LogP contribution in [0.5, 0.6) is 11.5 Å². The first-order valence-corrected chi connectivity index (χ1v) is 11.7. The largest absolute Gasteiger partial charge is 0.490 e. The number of hydrogen-bond donors (Lipinski definition) is 1. The van der Waals surface area contributed by atoms with Gasteiger partial charge in [0.25, 0.3) is 0 Å². The summed E-state index contributed by atoms with van der Waals surface area (Å²) in [6, 6.07) is 4.81. The van der Waals surface area contributed by atoms with Gasteiger partial charge < -0.3 is 38.1 Å². The molecule has 0 spiro atoms. The van der Waals surface area contributed by atoms with E-state index < -0.39 is 54.6 Å². The number of Topliss-reactive ketones (excluding diaryl/α,β-unsaturated/α-hetero) is 1. The Kier molecular flexibility index (Phi) is 8.94. The van der Waals surface area contributed by atoms with Crippen LogP contribution >= 0.6 is 0 Å². The van der Waals surface area contributed by atoms with Crippen LogP contribution in [-0.4, -0.2) is 79.1 Å². The highest BCUT2D eigenvalue weighted by molar-refractivity contribution is 5.98. The average molecular weight is 536 g/mol. The van der Waals surface area contributed by atoms with Crippen molar-refractivity contribution in [3.05, 3.63) is 23.9 Å². The lowest BCUT2D eigenvalue weighted by Crippen LogP contribution is -2.64. The lowest BCUT2D eigenvalue weighted by molar-refractivity contribution is -0.282. The number of aromatic amines is 1. The maximum Gasteiger partial charge on any atom is 0.339 e. The van der Waals surface area contributed by atoms with E-state index in [-0.39, 0.29) is 23.9 Å². The summed E-state index contributed by atoms with van der Waals surface area (Å²) >= 11 is 0. The van der Waals surface area contributed by atoms with E-state index in [1.54, 1.807) is 19.1 Å². The average Bonchev–Trinajstić information content (AvgIpc) is 3.24. The molecule has 3 rings (SSSR count). The van der Waals surface area contributed by atoms with Crippen molar-refractivity contribution in [1.29, 1.82) is 0 Å². The number of H-pyrrole nitrogens is 1. The molecule has 1 aromatic carbocycles. The minimum atomic E-state index is -1.61. The van der Waals surface area contributed by atoms with Gasteiger partial charge in [0.15, 0.2) is 35.6 Å². The third-order valence-electron chi connectivity index (χ3n) is 5.44. The molecule has 1 aliphatic heterocycles. The Balaban J connectivity index is 2.11. The summed E-state index contributed by atoms with van der Waals surface area (Å²) in [5, 5.41) is 0.659. The molecule has 5 atom stereocenters. The number of aromatic nitrogens is 1. The molecule has 0 saturated carbocycles. The van der Waals surface area contributed by atoms with Gasteiger partial charge in [-0.05, 0) is 19.1 Å². The quantitative estimate of drug-likeness (QED) is 0.282. The Hall–Kier alpha value is -4.13. The van der Waals surface area contributed by atoms with E-state index in [4.69, 9.17) is 33.2 Å². The summed E-state index contributed by atoms with van der Waals surface area (Å²) < 4.78 is 38.3. The van der Waals surface area contributed by atoms with Crippen LogP contribution < -0.4 is 9.47 Å². The van der Waals surface area contributed by atoms with Crippen molar-refractivity contribution in [3.8, 4) is 11.5 Å². The zero-order valence-electron chi connectivity index (χ0n) is 21.7. The maximum absolute atomic E-state index is 12.6. The summed E-state index contributed by atoms with van der Waals surface area (Å²) in [5.41, 5.74) is 0.878. The molecule has 1 fully saturated rings. The number of methoxy groups -OCH3 is 1. The maximum atomic E-state index is 12.6. The first-order chi connectivity index (χ1) is 17.9. The van der Waals surface area contributed by atoms with Crippen LogP contribution in [0.25, 0.3) is 10.9 Å². The molecule has 1 aliphatic rings. The minimum absolute atomic E-state index is 0.0922. The smallest absolute Gasteiger partial charge is 0.339 e. The predicted molar refractivity (Wildman–Crippen MR) is 127 cm³/mol. The standard InChI is InChI=1S/C25H29NO12/c1-7-33-18-9-15-8-16(11(2)27)26-17(15)10-19(18)37-25-23(36-14(5)30)21(35-13(4)29)20(34-12(3)28)22(38-25)24(31)32-6/h8-10,20-23,25-26H,7H2,1-6H3/t20-,21-,22-,23+,25?/m0/s1. The van der Waals surface area contributed by atoms with Crippen molar-refractivity contribution in [3.63, 3.8) is 0 Å². The Morgan fingerprint density at radius 2 is 1.45 bits per heavy atom. The van der Waals surface area contributed by atoms with Crippen LogP contribution in [0, 0.1) is 0 Å². The summed E-state index contributed by atoms with van der Waals surface area (Å²) in [6.45, 7) is 6.69. The number of ketones is 1. The normalized spacial score (nSPS) is 22.7. The molecule has 1 saturated heterocycles. The van der Waals surface area contributed by atoms with Crippen LogP contribution in [0.4, 0.5) is 0 Å². The summed E-state index contributed by atoms with van der Waals surface area (Å²) in [6.07, 6.45) is -7.68. The van der Waals surface area contributed by atoms with E-state index in [1.165, 1.54) is 13.0 Å². The molecule has 38 heavy (non-hydrogen) atoms. The van der Waals surface area contributed by atoms with Gasteiger partial charge >= 0.3 is 23.9 Å². The van der Waals surface area contributed by atoms with Crippen LogP contribution in [0.3, 0.4) is 0 Å². The highest BCUT2D eigenvalue weighted by Gasteiger charge is 2.56. The van der Waals surface area contributed by atoms with Crippen molar-refractivity contribution < 1.29 is 57.1 Å². The molecule has 1 aromatic heterocycles. The minimum Gasteiger partial charge on any atom is -0.490 e. The number of hydrogen-bond acceptors (Lipinski definition) is 12. The Labute approximate surface area is 217 Å². The monoisotopic (exact) mass is 535 g/mol. The van der Waals surface area contributed by atoms with Gasteiger partial charge in [-0.25, -0.2) is 4.79 Å². The zero-order chi connectivity index (χ0) is 28.1. The van der Waals surface area contributed by atoms with Gasteiger partial charge in [-0.3, -0.25) is 19.2 Å². The Bertz CT molecular complexity index is 1230. The van der Waals surface area contributed by atoms with Crippen molar-refractivity contribution in [2.75, 3.05) is 13.7 Å². The second kappa shape index (κ2) is 11.9. The molecule has 2 aromatic rings. The molecular weight excluding hydrogens is 506 g/mol. The van der Waals surface area contributed by atoms with Crippen molar-refractivity contribution in [2.45, 2.75) is 65.3 Å². The van der Waals surface area contributed by atoms with Crippen LogP contribution in [-0.2, 0) is 42.9 Å². The van der Waals surface area contributed by atoms with E-state index in [0.29, 0.717) is 16.6 Å². The van der Waals surface area contributed by atoms with Gasteiger partial charge in [0.05, 0.1) is 19.4 Å². The van der Waals surface area contributed by atoms with Gasteiger partial charge in [-0.15, -0.1) is 0 Å². The topological polar surface area (TPSA) is 166 Å². The third-order valence-corrected chi connectivity index (χ3v) is 5.44. The molecule has 13 nitrogen and oxygen atoms in total. The highest BCUT2D eigenvalue weighted by Crippen LogP contribution is 2.37. The van der Waals surface area contributed by atoms with Crippen molar-refractivity contribution >= 4 is 40.6 Å². The first kappa shape index (κ1) is 28.4. The van der Waals surface area contributed by atoms with Gasteiger partial charge in [-0.2, -0.15) is 0 Å². The van der Waals surface area contributed by atoms with Crippen LogP contribution in [0.15, 0.2) is 18.2 Å². The van der Waals surface area contributed by atoms with Gasteiger partial charge in [-0.1, -0.05) is 0 Å². The molecule has 0 bridgehead atoms. The number of carbonyl (C=O) groups excluding carboxylic acids is 5. The molecular formula is C25H29NO12. The number of benzene rings is 1. The number of esters is 4. The zero-order valence-corrected chi connectivity index (χ0v) is 21.7. The fraction of sp³-hybridized carbons (Fsp3) is 0.480. The highest BCUT2D eigenvalue weighted by atomic mass is 16.7. The second-order valence-corrected chi connectivity index (χ2v) is 8.35. The van der Waals surface area contributed by atoms with Crippen LogP contribution in [0.2, 0.25) is 0 Å². The van der Waals surface area contributed by atoms with E-state index in [2.05, 4.69) is 4.98 Å². The predicted octanol–water partition coefficient (Wildman–Crippen LogP) is 1.84. The number of ether oxygens (including phenoxy) is 7. The van der Waals surface area contributed by atoms with Gasteiger partial charge in [0.1, 0.15) is 0 Å². The lowest BCUT2D eigenvalue weighted by Gasteiger charge is -2.43. The van der Waals surface area contributed by atoms with Crippen molar-refractivity contribution in [1.82, 2.24) is 4.98 Å². The number of rotatable bonds is 9. The first-order valence-electron chi connectivity index (χ1n) is 11.7. The molecule has 1 unspecified atom stereocenters. The van der Waals surface area contributed by atoms with E-state index in [9.17, 15) is 24.0 Å².